The molecule has 0 amide bonds. The highest BCUT2D eigenvalue weighted by atomic mass is 35.5. The van der Waals surface area contributed by atoms with Crippen molar-refractivity contribution in [3.63, 3.8) is 0 Å². The average Bonchev–Trinajstić information content (AvgIpc) is 2.52. The molecule has 0 unspecified atom stereocenters. The monoisotopic (exact) mass is 394 g/mol. The van der Waals surface area contributed by atoms with Gasteiger partial charge in [0.1, 0.15) is 0 Å². The number of unbranched alkanes of at least 4 members (excludes halogenated alkanes) is 3. The van der Waals surface area contributed by atoms with Crippen LogP contribution in [0.2, 0.25) is 15.1 Å². The summed E-state index contributed by atoms with van der Waals surface area (Å²) in [4.78, 5) is 23.3. The van der Waals surface area contributed by atoms with E-state index in [4.69, 9.17) is 44.3 Å². The third-order valence-corrected chi connectivity index (χ3v) is 4.24. The van der Waals surface area contributed by atoms with Crippen LogP contribution >= 0.6 is 34.8 Å². The van der Waals surface area contributed by atoms with E-state index in [0.717, 1.165) is 25.7 Å². The molecule has 0 N–H and O–H groups in total. The van der Waals surface area contributed by atoms with Gasteiger partial charge in [0.25, 0.3) is 0 Å². The molecule has 0 atom stereocenters. The second kappa shape index (κ2) is 11.6. The van der Waals surface area contributed by atoms with Crippen molar-refractivity contribution in [3.05, 3.63) is 27.2 Å². The van der Waals surface area contributed by atoms with E-state index in [2.05, 4.69) is 6.92 Å². The van der Waals surface area contributed by atoms with Crippen LogP contribution in [0.15, 0.2) is 12.1 Å². The van der Waals surface area contributed by atoms with Crippen LogP contribution in [0.3, 0.4) is 0 Å². The van der Waals surface area contributed by atoms with Crippen LogP contribution in [0, 0.1) is 0 Å². The Morgan fingerprint density at radius 1 is 0.875 bits per heavy atom. The zero-order valence-corrected chi connectivity index (χ0v) is 15.8. The maximum absolute atomic E-state index is 11.8. The summed E-state index contributed by atoms with van der Waals surface area (Å²) in [6, 6.07) is 2.79. The number of esters is 2. The fraction of sp³-hybridized carbons (Fsp3) is 0.529. The minimum absolute atomic E-state index is 0.0848. The molecule has 7 heteroatoms. The van der Waals surface area contributed by atoms with Gasteiger partial charge in [0.2, 0.25) is 0 Å². The standard InChI is InChI=1S/C17H21Cl3O4/c1-2-3-4-5-9-23-16(21)7-6-8-17(22)24-15-11-13(19)12(18)10-14(15)20/h10-11H,2-9H2,1H3. The Morgan fingerprint density at radius 3 is 2.25 bits per heavy atom. The van der Waals surface area contributed by atoms with Crippen molar-refractivity contribution in [1.29, 1.82) is 0 Å². The molecule has 134 valence electrons. The Bertz CT molecular complexity index is 561. The van der Waals surface area contributed by atoms with Gasteiger partial charge in [-0.3, -0.25) is 9.59 Å². The number of carbonyl (C=O) groups is 2. The SMILES string of the molecule is CCCCCCOC(=O)CCCC(=O)Oc1cc(Cl)c(Cl)cc1Cl. The van der Waals surface area contributed by atoms with Crippen molar-refractivity contribution in [2.75, 3.05) is 6.61 Å². The highest BCUT2D eigenvalue weighted by Gasteiger charge is 2.12. The zero-order valence-electron chi connectivity index (χ0n) is 13.6. The molecule has 0 fully saturated rings. The maximum atomic E-state index is 11.8. The fourth-order valence-corrected chi connectivity index (χ4v) is 2.50. The molecule has 0 aliphatic heterocycles. The smallest absolute Gasteiger partial charge is 0.311 e. The van der Waals surface area contributed by atoms with E-state index in [1.165, 1.54) is 12.1 Å². The number of ether oxygens (including phenoxy) is 2. The number of benzene rings is 1. The molecule has 24 heavy (non-hydrogen) atoms. The van der Waals surface area contributed by atoms with Gasteiger partial charge in [-0.25, -0.2) is 0 Å². The van der Waals surface area contributed by atoms with Gasteiger partial charge in [0, 0.05) is 18.9 Å². The van der Waals surface area contributed by atoms with Crippen molar-refractivity contribution in [2.24, 2.45) is 0 Å². The molecule has 0 saturated carbocycles. The lowest BCUT2D eigenvalue weighted by molar-refractivity contribution is -0.144. The Kier molecular flexibility index (Phi) is 10.2. The zero-order chi connectivity index (χ0) is 17.9. The summed E-state index contributed by atoms with van der Waals surface area (Å²) in [5.41, 5.74) is 0. The van der Waals surface area contributed by atoms with Crippen molar-refractivity contribution in [1.82, 2.24) is 0 Å². The number of hydrogen-bond acceptors (Lipinski definition) is 4. The molecule has 0 aliphatic rings. The first kappa shape index (κ1) is 21.1. The Hall–Kier alpha value is -0.970. The second-order valence-corrected chi connectivity index (χ2v) is 6.53. The Balaban J connectivity index is 2.24. The van der Waals surface area contributed by atoms with Crippen LogP contribution < -0.4 is 4.74 Å². The maximum Gasteiger partial charge on any atom is 0.311 e. The first-order valence-corrected chi connectivity index (χ1v) is 9.08. The molecule has 4 nitrogen and oxygen atoms in total. The third kappa shape index (κ3) is 8.22. The van der Waals surface area contributed by atoms with Gasteiger partial charge in [0.15, 0.2) is 5.75 Å². The first-order chi connectivity index (χ1) is 11.4. The minimum atomic E-state index is -0.494. The lowest BCUT2D eigenvalue weighted by Crippen LogP contribution is -2.10. The lowest BCUT2D eigenvalue weighted by Gasteiger charge is -2.08. The highest BCUT2D eigenvalue weighted by Crippen LogP contribution is 2.34. The van der Waals surface area contributed by atoms with Crippen LogP contribution in [-0.4, -0.2) is 18.5 Å². The summed E-state index contributed by atoms with van der Waals surface area (Å²) >= 11 is 17.6. The molecule has 0 saturated heterocycles. The fourth-order valence-electron chi connectivity index (χ4n) is 1.92. The van der Waals surface area contributed by atoms with E-state index >= 15 is 0 Å². The van der Waals surface area contributed by atoms with Crippen molar-refractivity contribution in [2.45, 2.75) is 51.9 Å². The Labute approximate surface area is 157 Å². The van der Waals surface area contributed by atoms with Gasteiger partial charge in [0.05, 0.1) is 21.7 Å². The Morgan fingerprint density at radius 2 is 1.54 bits per heavy atom. The van der Waals surface area contributed by atoms with Crippen LogP contribution in [0.25, 0.3) is 0 Å². The van der Waals surface area contributed by atoms with Gasteiger partial charge in [-0.2, -0.15) is 0 Å². The van der Waals surface area contributed by atoms with Crippen molar-refractivity contribution in [3.8, 4) is 5.75 Å². The molecular formula is C17H21Cl3O4. The highest BCUT2D eigenvalue weighted by molar-refractivity contribution is 6.43. The van der Waals surface area contributed by atoms with Crippen LogP contribution in [-0.2, 0) is 14.3 Å². The molecular weight excluding hydrogens is 375 g/mol. The molecule has 0 aromatic heterocycles. The number of halogens is 3. The van der Waals surface area contributed by atoms with Gasteiger partial charge >= 0.3 is 11.9 Å². The van der Waals surface area contributed by atoms with E-state index in [1.807, 2.05) is 0 Å². The summed E-state index contributed by atoms with van der Waals surface area (Å²) in [5.74, 6) is -0.646. The molecule has 0 bridgehead atoms. The van der Waals surface area contributed by atoms with Crippen LogP contribution in [0.4, 0.5) is 0 Å². The second-order valence-electron chi connectivity index (χ2n) is 5.31. The summed E-state index contributed by atoms with van der Waals surface area (Å²) in [6.07, 6.45) is 4.82. The quantitative estimate of drug-likeness (QED) is 0.216. The molecule has 0 spiro atoms. The van der Waals surface area contributed by atoms with Crippen LogP contribution in [0.5, 0.6) is 5.75 Å². The predicted molar refractivity (Wildman–Crippen MR) is 96.1 cm³/mol. The van der Waals surface area contributed by atoms with E-state index in [9.17, 15) is 9.59 Å². The van der Waals surface area contributed by atoms with Gasteiger partial charge in [-0.05, 0) is 18.9 Å². The topological polar surface area (TPSA) is 52.6 Å². The molecule has 1 rings (SSSR count). The first-order valence-electron chi connectivity index (χ1n) is 7.95. The van der Waals surface area contributed by atoms with E-state index in [1.54, 1.807) is 0 Å². The summed E-state index contributed by atoms with van der Waals surface area (Å²) in [7, 11) is 0. The molecule has 1 aromatic rings. The number of rotatable bonds is 10. The van der Waals surface area contributed by atoms with Crippen molar-refractivity contribution >= 4 is 46.7 Å². The summed E-state index contributed by atoms with van der Waals surface area (Å²) < 4.78 is 10.2. The normalized spacial score (nSPS) is 10.5. The van der Waals surface area contributed by atoms with E-state index < -0.39 is 5.97 Å². The van der Waals surface area contributed by atoms with E-state index in [0.29, 0.717) is 13.0 Å². The molecule has 1 aromatic carbocycles. The van der Waals surface area contributed by atoms with Gasteiger partial charge < -0.3 is 9.47 Å². The van der Waals surface area contributed by atoms with Crippen LogP contribution in [0.1, 0.15) is 51.9 Å². The summed E-state index contributed by atoms with van der Waals surface area (Å²) in [5, 5.41) is 0.725. The molecule has 0 radical (unpaired) electrons. The predicted octanol–water partition coefficient (Wildman–Crippen LogP) is 5.85. The lowest BCUT2D eigenvalue weighted by atomic mass is 10.2. The number of hydrogen-bond donors (Lipinski definition) is 0. The minimum Gasteiger partial charge on any atom is -0.466 e. The summed E-state index contributed by atoms with van der Waals surface area (Å²) in [6.45, 7) is 2.55. The van der Waals surface area contributed by atoms with E-state index in [-0.39, 0.29) is 39.6 Å². The molecule has 0 heterocycles. The van der Waals surface area contributed by atoms with Crippen molar-refractivity contribution < 1.29 is 19.1 Å². The average molecular weight is 396 g/mol. The van der Waals surface area contributed by atoms with Gasteiger partial charge in [-0.1, -0.05) is 61.0 Å². The third-order valence-electron chi connectivity index (χ3n) is 3.22. The number of carbonyl (C=O) groups excluding carboxylic acids is 2. The van der Waals surface area contributed by atoms with Gasteiger partial charge in [-0.15, -0.1) is 0 Å². The largest absolute Gasteiger partial charge is 0.466 e. The molecule has 0 aliphatic carbocycles.